The number of rotatable bonds is 5. The van der Waals surface area contributed by atoms with Crippen LogP contribution in [0.1, 0.15) is 5.56 Å². The largest absolute Gasteiger partial charge is 0.387 e. The summed E-state index contributed by atoms with van der Waals surface area (Å²) in [6.45, 7) is 0.261. The van der Waals surface area contributed by atoms with Crippen LogP contribution in [0.3, 0.4) is 0 Å². The van der Waals surface area contributed by atoms with E-state index in [-0.39, 0.29) is 11.4 Å². The van der Waals surface area contributed by atoms with Crippen molar-refractivity contribution in [1.82, 2.24) is 9.29 Å². The van der Waals surface area contributed by atoms with Crippen LogP contribution in [0.4, 0.5) is 5.69 Å². The fourth-order valence-corrected chi connectivity index (χ4v) is 3.31. The summed E-state index contributed by atoms with van der Waals surface area (Å²) in [4.78, 5) is 4.05. The van der Waals surface area contributed by atoms with Crippen LogP contribution in [0.25, 0.3) is 0 Å². The first kappa shape index (κ1) is 15.8. The number of hydrogen-bond acceptors (Lipinski definition) is 4. The predicted molar refractivity (Wildman–Crippen MR) is 83.9 cm³/mol. The van der Waals surface area contributed by atoms with E-state index in [0.717, 1.165) is 5.56 Å². The van der Waals surface area contributed by atoms with Crippen LogP contribution in [-0.4, -0.2) is 31.8 Å². The van der Waals surface area contributed by atoms with Gasteiger partial charge in [0.15, 0.2) is 0 Å². The second-order valence-corrected chi connectivity index (χ2v) is 6.96. The molecule has 0 aliphatic heterocycles. The lowest BCUT2D eigenvalue weighted by molar-refractivity contribution is 0.467. The molecule has 5 nitrogen and oxygen atoms in total. The van der Waals surface area contributed by atoms with Gasteiger partial charge in [-0.15, -0.1) is 0 Å². The molecule has 0 unspecified atom stereocenters. The molecule has 1 aromatic heterocycles. The summed E-state index contributed by atoms with van der Waals surface area (Å²) >= 11 is 5.83. The maximum absolute atomic E-state index is 12.6. The third kappa shape index (κ3) is 3.53. The van der Waals surface area contributed by atoms with Crippen LogP contribution >= 0.6 is 11.6 Å². The Balaban J connectivity index is 2.28. The zero-order chi connectivity index (χ0) is 15.5. The van der Waals surface area contributed by atoms with Gasteiger partial charge in [-0.25, -0.2) is 8.42 Å². The average Bonchev–Trinajstić information content (AvgIpc) is 2.49. The molecule has 0 saturated heterocycles. The van der Waals surface area contributed by atoms with E-state index in [9.17, 15) is 8.42 Å². The molecular formula is C14H16ClN3O2S. The first-order valence-corrected chi connectivity index (χ1v) is 8.09. The number of anilines is 1. The molecule has 0 fully saturated rings. The molecule has 2 aromatic rings. The van der Waals surface area contributed by atoms with Crippen molar-refractivity contribution in [3.8, 4) is 0 Å². The number of nitrogens with one attached hydrogen (secondary N) is 1. The predicted octanol–water partition coefficient (Wildman–Crippen LogP) is 2.60. The molecule has 21 heavy (non-hydrogen) atoms. The van der Waals surface area contributed by atoms with E-state index in [0.29, 0.717) is 10.7 Å². The normalized spacial score (nSPS) is 11.6. The topological polar surface area (TPSA) is 62.3 Å². The van der Waals surface area contributed by atoms with E-state index in [1.165, 1.54) is 17.5 Å². The molecule has 1 aromatic carbocycles. The molecule has 0 saturated carbocycles. The van der Waals surface area contributed by atoms with Gasteiger partial charge in [-0.3, -0.25) is 4.98 Å². The molecule has 0 radical (unpaired) electrons. The van der Waals surface area contributed by atoms with Crippen molar-refractivity contribution in [2.75, 3.05) is 19.4 Å². The van der Waals surface area contributed by atoms with Crippen molar-refractivity contribution in [2.24, 2.45) is 0 Å². The molecule has 0 spiro atoms. The lowest BCUT2D eigenvalue weighted by Gasteiger charge is -2.19. The number of halogens is 1. The maximum Gasteiger partial charge on any atom is 0.246 e. The Morgan fingerprint density at radius 1 is 1.24 bits per heavy atom. The molecule has 0 atom stereocenters. The van der Waals surface area contributed by atoms with E-state index in [2.05, 4.69) is 10.3 Å². The number of benzene rings is 1. The fourth-order valence-electron chi connectivity index (χ4n) is 1.89. The zero-order valence-electron chi connectivity index (χ0n) is 11.7. The third-order valence-electron chi connectivity index (χ3n) is 3.06. The highest BCUT2D eigenvalue weighted by atomic mass is 35.5. The molecule has 2 rings (SSSR count). The molecule has 0 aliphatic rings. The van der Waals surface area contributed by atoms with E-state index in [4.69, 9.17) is 11.6 Å². The smallest absolute Gasteiger partial charge is 0.246 e. The Labute approximate surface area is 129 Å². The number of pyridine rings is 1. The average molecular weight is 326 g/mol. The zero-order valence-corrected chi connectivity index (χ0v) is 13.3. The number of sulfonamides is 1. The van der Waals surface area contributed by atoms with Gasteiger partial charge in [-0.2, -0.15) is 4.31 Å². The monoisotopic (exact) mass is 325 g/mol. The van der Waals surface area contributed by atoms with Gasteiger partial charge < -0.3 is 5.32 Å². The van der Waals surface area contributed by atoms with Crippen molar-refractivity contribution in [3.05, 3.63) is 53.3 Å². The Hall–Kier alpha value is -1.63. The minimum atomic E-state index is -3.61. The summed E-state index contributed by atoms with van der Waals surface area (Å²) in [5, 5.41) is 3.48. The van der Waals surface area contributed by atoms with Crippen LogP contribution in [0.15, 0.2) is 47.6 Å². The quantitative estimate of drug-likeness (QED) is 0.918. The molecular weight excluding hydrogens is 310 g/mol. The van der Waals surface area contributed by atoms with Crippen molar-refractivity contribution >= 4 is 27.3 Å². The van der Waals surface area contributed by atoms with Crippen LogP contribution in [0, 0.1) is 0 Å². The number of aromatic nitrogens is 1. The second-order valence-electron chi connectivity index (χ2n) is 4.51. The van der Waals surface area contributed by atoms with Gasteiger partial charge >= 0.3 is 0 Å². The minimum Gasteiger partial charge on any atom is -0.387 e. The molecule has 0 aliphatic carbocycles. The van der Waals surface area contributed by atoms with E-state index in [1.807, 2.05) is 0 Å². The molecule has 1 heterocycles. The van der Waals surface area contributed by atoms with Gasteiger partial charge in [-0.05, 0) is 23.8 Å². The number of hydrogen-bond donors (Lipinski definition) is 1. The van der Waals surface area contributed by atoms with Crippen molar-refractivity contribution in [2.45, 2.75) is 11.4 Å². The summed E-state index contributed by atoms with van der Waals surface area (Å²) < 4.78 is 26.5. The first-order valence-electron chi connectivity index (χ1n) is 6.27. The highest BCUT2D eigenvalue weighted by Gasteiger charge is 2.24. The Morgan fingerprint density at radius 2 is 1.90 bits per heavy atom. The summed E-state index contributed by atoms with van der Waals surface area (Å²) in [6.07, 6.45) is 2.89. The van der Waals surface area contributed by atoms with Gasteiger partial charge in [0.05, 0.1) is 5.69 Å². The highest BCUT2D eigenvalue weighted by Crippen LogP contribution is 2.23. The van der Waals surface area contributed by atoms with E-state index < -0.39 is 10.0 Å². The lowest BCUT2D eigenvalue weighted by Crippen LogP contribution is -2.27. The summed E-state index contributed by atoms with van der Waals surface area (Å²) in [7, 11) is -0.402. The minimum absolute atomic E-state index is 0.156. The third-order valence-corrected chi connectivity index (χ3v) is 5.14. The van der Waals surface area contributed by atoms with Gasteiger partial charge in [0.1, 0.15) is 4.90 Å². The molecule has 112 valence electrons. The standard InChI is InChI=1S/C14H16ClN3O2S/c1-16-13-7-8-17-9-14(13)21(19,20)18(2)10-11-3-5-12(15)6-4-11/h3-9H,10H2,1-2H3,(H,16,17). The Morgan fingerprint density at radius 3 is 2.52 bits per heavy atom. The van der Waals surface area contributed by atoms with Crippen LogP contribution in [0.5, 0.6) is 0 Å². The summed E-state index contributed by atoms with van der Waals surface area (Å²) in [6, 6.07) is 8.71. The molecule has 0 bridgehead atoms. The van der Waals surface area contributed by atoms with Crippen LogP contribution in [0.2, 0.25) is 5.02 Å². The highest BCUT2D eigenvalue weighted by molar-refractivity contribution is 7.89. The summed E-state index contributed by atoms with van der Waals surface area (Å²) in [5.41, 5.74) is 1.38. The van der Waals surface area contributed by atoms with Crippen molar-refractivity contribution < 1.29 is 8.42 Å². The number of nitrogens with zero attached hydrogens (tertiary/aromatic N) is 2. The van der Waals surface area contributed by atoms with Gasteiger partial charge in [0, 0.05) is 38.1 Å². The van der Waals surface area contributed by atoms with Crippen molar-refractivity contribution in [3.63, 3.8) is 0 Å². The van der Waals surface area contributed by atoms with Gasteiger partial charge in [0.2, 0.25) is 10.0 Å². The Kier molecular flexibility index (Phi) is 4.82. The SMILES string of the molecule is CNc1ccncc1S(=O)(=O)N(C)Cc1ccc(Cl)cc1. The van der Waals surface area contributed by atoms with Gasteiger partial charge in [-0.1, -0.05) is 23.7 Å². The molecule has 0 amide bonds. The van der Waals surface area contributed by atoms with Crippen LogP contribution < -0.4 is 5.32 Å². The van der Waals surface area contributed by atoms with Crippen molar-refractivity contribution in [1.29, 1.82) is 0 Å². The second kappa shape index (κ2) is 6.43. The van der Waals surface area contributed by atoms with Gasteiger partial charge in [0.25, 0.3) is 0 Å². The Bertz CT molecular complexity index is 717. The molecule has 1 N–H and O–H groups in total. The van der Waals surface area contributed by atoms with E-state index >= 15 is 0 Å². The summed E-state index contributed by atoms with van der Waals surface area (Å²) in [5.74, 6) is 0. The lowest BCUT2D eigenvalue weighted by atomic mass is 10.2. The first-order chi connectivity index (χ1) is 9.95. The molecule has 7 heteroatoms. The maximum atomic E-state index is 12.6. The van der Waals surface area contributed by atoms with Crippen LogP contribution in [-0.2, 0) is 16.6 Å². The fraction of sp³-hybridized carbons (Fsp3) is 0.214. The van der Waals surface area contributed by atoms with E-state index in [1.54, 1.807) is 43.6 Å².